The maximum Gasteiger partial charge on any atom is 0.264 e. The molecule has 0 saturated carbocycles. The molecule has 0 saturated heterocycles. The first-order chi connectivity index (χ1) is 14.3. The van der Waals surface area contributed by atoms with Crippen molar-refractivity contribution in [3.8, 4) is 0 Å². The minimum absolute atomic E-state index is 0.0479. The Morgan fingerprint density at radius 1 is 0.967 bits per heavy atom. The Hall–Kier alpha value is -3.10. The molecule has 0 fully saturated rings. The summed E-state index contributed by atoms with van der Waals surface area (Å²) in [5, 5.41) is 2.84. The Labute approximate surface area is 177 Å². The van der Waals surface area contributed by atoms with E-state index < -0.39 is 15.9 Å². The van der Waals surface area contributed by atoms with Gasteiger partial charge in [0, 0.05) is 13.6 Å². The lowest BCUT2D eigenvalue weighted by atomic mass is 10.1. The summed E-state index contributed by atoms with van der Waals surface area (Å²) in [5.74, 6) is 0.249. The molecule has 1 aromatic heterocycles. The summed E-state index contributed by atoms with van der Waals surface area (Å²) < 4.78 is 33.1. The Kier molecular flexibility index (Phi) is 6.59. The molecule has 8 heteroatoms. The highest BCUT2D eigenvalue weighted by Crippen LogP contribution is 2.25. The van der Waals surface area contributed by atoms with Crippen LogP contribution in [0.25, 0.3) is 0 Å². The fourth-order valence-electron chi connectivity index (χ4n) is 3.11. The normalized spacial score (nSPS) is 12.5. The molecule has 30 heavy (non-hydrogen) atoms. The molecular formula is C22H25N3O4S. The largest absolute Gasteiger partial charge is 0.468 e. The lowest BCUT2D eigenvalue weighted by Gasteiger charge is -2.23. The van der Waals surface area contributed by atoms with Gasteiger partial charge in [-0.15, -0.1) is 0 Å². The lowest BCUT2D eigenvalue weighted by Crippen LogP contribution is -2.35. The van der Waals surface area contributed by atoms with Gasteiger partial charge in [0.1, 0.15) is 10.7 Å². The Morgan fingerprint density at radius 2 is 1.63 bits per heavy atom. The van der Waals surface area contributed by atoms with E-state index in [0.717, 1.165) is 0 Å². The molecule has 1 amide bonds. The van der Waals surface area contributed by atoms with Crippen LogP contribution in [0.4, 0.5) is 5.69 Å². The van der Waals surface area contributed by atoms with Crippen LogP contribution in [0.2, 0.25) is 0 Å². The molecule has 0 aliphatic heterocycles. The third kappa shape index (κ3) is 4.55. The number of anilines is 1. The van der Waals surface area contributed by atoms with Gasteiger partial charge in [0.25, 0.3) is 15.9 Å². The molecule has 7 nitrogen and oxygen atoms in total. The molecule has 1 unspecified atom stereocenters. The van der Waals surface area contributed by atoms with E-state index in [0.29, 0.717) is 11.4 Å². The average Bonchev–Trinajstić information content (AvgIpc) is 3.28. The van der Waals surface area contributed by atoms with Gasteiger partial charge in [-0.3, -0.25) is 14.0 Å². The molecule has 0 bridgehead atoms. The Balaban J connectivity index is 1.85. The van der Waals surface area contributed by atoms with Gasteiger partial charge in [-0.25, -0.2) is 8.42 Å². The number of benzene rings is 2. The van der Waals surface area contributed by atoms with Gasteiger partial charge < -0.3 is 9.73 Å². The molecule has 1 atom stereocenters. The SMILES string of the molecule is CN(C)C(CNC(=O)c1ccccc1S(=O)(=O)N(C)c1ccccc1)c1ccco1. The van der Waals surface area contributed by atoms with Crippen LogP contribution in [0.15, 0.2) is 82.3 Å². The molecule has 2 aromatic carbocycles. The summed E-state index contributed by atoms with van der Waals surface area (Å²) in [7, 11) is 1.31. The number of carbonyl (C=O) groups excluding carboxylic acids is 1. The van der Waals surface area contributed by atoms with E-state index in [1.165, 1.54) is 23.5 Å². The van der Waals surface area contributed by atoms with Crippen LogP contribution < -0.4 is 9.62 Å². The molecule has 1 N–H and O–H groups in total. The maximum absolute atomic E-state index is 13.2. The van der Waals surface area contributed by atoms with E-state index in [-0.39, 0.29) is 23.0 Å². The van der Waals surface area contributed by atoms with Gasteiger partial charge in [0.2, 0.25) is 0 Å². The van der Waals surface area contributed by atoms with Crippen molar-refractivity contribution in [2.24, 2.45) is 0 Å². The lowest BCUT2D eigenvalue weighted by molar-refractivity contribution is 0.0935. The number of furan rings is 1. The van der Waals surface area contributed by atoms with Crippen molar-refractivity contribution in [3.63, 3.8) is 0 Å². The number of rotatable bonds is 8. The van der Waals surface area contributed by atoms with E-state index in [4.69, 9.17) is 4.42 Å². The fraction of sp³-hybridized carbons (Fsp3) is 0.227. The highest BCUT2D eigenvalue weighted by Gasteiger charge is 2.27. The van der Waals surface area contributed by atoms with Crippen LogP contribution in [0.1, 0.15) is 22.2 Å². The van der Waals surface area contributed by atoms with E-state index in [9.17, 15) is 13.2 Å². The molecule has 0 radical (unpaired) electrons. The summed E-state index contributed by atoms with van der Waals surface area (Å²) in [6, 6.07) is 18.4. The Bertz CT molecular complexity index is 1080. The zero-order valence-corrected chi connectivity index (χ0v) is 18.0. The second-order valence-electron chi connectivity index (χ2n) is 7.01. The standard InChI is InChI=1S/C22H25N3O4S/c1-24(2)19(20-13-9-15-29-20)16-23-22(26)18-12-7-8-14-21(18)30(27,28)25(3)17-10-5-4-6-11-17/h4-15,19H,16H2,1-3H3,(H,23,26). The van der Waals surface area contributed by atoms with Crippen molar-refractivity contribution in [2.75, 3.05) is 32.0 Å². The zero-order valence-electron chi connectivity index (χ0n) is 17.1. The van der Waals surface area contributed by atoms with Gasteiger partial charge in [0.15, 0.2) is 0 Å². The fourth-order valence-corrected chi connectivity index (χ4v) is 4.49. The van der Waals surface area contributed by atoms with E-state index in [2.05, 4.69) is 5.32 Å². The van der Waals surface area contributed by atoms with Gasteiger partial charge in [0.05, 0.1) is 23.6 Å². The van der Waals surface area contributed by atoms with Crippen molar-refractivity contribution in [1.29, 1.82) is 0 Å². The summed E-state index contributed by atoms with van der Waals surface area (Å²) in [5.41, 5.74) is 0.607. The number of nitrogens with one attached hydrogen (secondary N) is 1. The van der Waals surface area contributed by atoms with Gasteiger partial charge >= 0.3 is 0 Å². The van der Waals surface area contributed by atoms with E-state index in [1.54, 1.807) is 48.7 Å². The second-order valence-corrected chi connectivity index (χ2v) is 8.95. The van der Waals surface area contributed by atoms with Crippen molar-refractivity contribution < 1.29 is 17.6 Å². The number of likely N-dealkylation sites (N-methyl/N-ethyl adjacent to an activating group) is 1. The smallest absolute Gasteiger partial charge is 0.264 e. The van der Waals surface area contributed by atoms with E-state index >= 15 is 0 Å². The maximum atomic E-state index is 13.2. The molecule has 3 aromatic rings. The second kappa shape index (κ2) is 9.15. The highest BCUT2D eigenvalue weighted by atomic mass is 32.2. The molecule has 0 aliphatic carbocycles. The van der Waals surface area contributed by atoms with Gasteiger partial charge in [-0.05, 0) is 50.5 Å². The molecule has 1 heterocycles. The van der Waals surface area contributed by atoms with Crippen LogP contribution >= 0.6 is 0 Å². The number of hydrogen-bond acceptors (Lipinski definition) is 5. The first-order valence-corrected chi connectivity index (χ1v) is 10.9. The van der Waals surface area contributed by atoms with Crippen LogP contribution in [-0.4, -0.2) is 46.9 Å². The zero-order chi connectivity index (χ0) is 21.7. The first-order valence-electron chi connectivity index (χ1n) is 9.43. The summed E-state index contributed by atoms with van der Waals surface area (Å²) in [6.45, 7) is 0.266. The number of para-hydroxylation sites is 1. The molecule has 0 spiro atoms. The highest BCUT2D eigenvalue weighted by molar-refractivity contribution is 7.92. The van der Waals surface area contributed by atoms with Crippen LogP contribution in [0.3, 0.4) is 0 Å². The third-order valence-electron chi connectivity index (χ3n) is 4.84. The summed E-state index contributed by atoms with van der Waals surface area (Å²) >= 11 is 0. The van der Waals surface area contributed by atoms with E-state index in [1.807, 2.05) is 31.1 Å². The number of nitrogens with zero attached hydrogens (tertiary/aromatic N) is 2. The number of carbonyl (C=O) groups is 1. The third-order valence-corrected chi connectivity index (χ3v) is 6.68. The number of amides is 1. The van der Waals surface area contributed by atoms with Crippen LogP contribution in [-0.2, 0) is 10.0 Å². The van der Waals surface area contributed by atoms with Gasteiger partial charge in [-0.2, -0.15) is 0 Å². The first kappa shape index (κ1) is 21.6. The monoisotopic (exact) mass is 427 g/mol. The predicted molar refractivity (Wildman–Crippen MR) is 116 cm³/mol. The molecule has 158 valence electrons. The van der Waals surface area contributed by atoms with Crippen LogP contribution in [0.5, 0.6) is 0 Å². The predicted octanol–water partition coefficient (Wildman–Crippen LogP) is 3.14. The number of hydrogen-bond donors (Lipinski definition) is 1. The molecule has 0 aliphatic rings. The minimum atomic E-state index is -3.92. The summed E-state index contributed by atoms with van der Waals surface area (Å²) in [4.78, 5) is 14.8. The number of sulfonamides is 1. The van der Waals surface area contributed by atoms with Crippen molar-refractivity contribution in [2.45, 2.75) is 10.9 Å². The quantitative estimate of drug-likeness (QED) is 0.597. The average molecular weight is 428 g/mol. The van der Waals surface area contributed by atoms with Crippen molar-refractivity contribution in [3.05, 3.63) is 84.3 Å². The molecule has 3 rings (SSSR count). The van der Waals surface area contributed by atoms with Crippen LogP contribution in [0, 0.1) is 0 Å². The Morgan fingerprint density at radius 3 is 2.27 bits per heavy atom. The topological polar surface area (TPSA) is 82.9 Å². The minimum Gasteiger partial charge on any atom is -0.468 e. The van der Waals surface area contributed by atoms with Crippen molar-refractivity contribution in [1.82, 2.24) is 10.2 Å². The van der Waals surface area contributed by atoms with Gasteiger partial charge in [-0.1, -0.05) is 30.3 Å². The van der Waals surface area contributed by atoms with Crippen molar-refractivity contribution >= 4 is 21.6 Å². The summed E-state index contributed by atoms with van der Waals surface area (Å²) in [6.07, 6.45) is 1.58. The molecular weight excluding hydrogens is 402 g/mol.